The first kappa shape index (κ1) is 13.8. The van der Waals surface area contributed by atoms with Crippen molar-refractivity contribution >= 4 is 23.2 Å². The fourth-order valence-corrected chi connectivity index (χ4v) is 1.92. The largest absolute Gasteiger partial charge is 0.329 e. The Balaban J connectivity index is 2.99. The molecule has 2 nitrogen and oxygen atoms in total. The van der Waals surface area contributed by atoms with E-state index in [2.05, 4.69) is 25.8 Å². The Bertz CT molecular complexity index is 353. The molecule has 0 aliphatic carbocycles. The van der Waals surface area contributed by atoms with Crippen LogP contribution in [0.2, 0.25) is 10.0 Å². The summed E-state index contributed by atoms with van der Waals surface area (Å²) >= 11 is 11.9. The summed E-state index contributed by atoms with van der Waals surface area (Å²) in [6.45, 7) is 4.84. The van der Waals surface area contributed by atoms with E-state index in [0.29, 0.717) is 22.6 Å². The standard InChI is InChI=1S/C12H18Cl2N2/c1-8(2)16(3)12(7-15)9-4-5-10(13)11(14)6-9/h4-6,8,12H,7,15H2,1-3H3. The van der Waals surface area contributed by atoms with E-state index in [-0.39, 0.29) is 6.04 Å². The lowest BCUT2D eigenvalue weighted by atomic mass is 10.0. The highest BCUT2D eigenvalue weighted by molar-refractivity contribution is 6.42. The minimum atomic E-state index is 0.176. The molecule has 1 unspecified atom stereocenters. The van der Waals surface area contributed by atoms with Crippen LogP contribution in [-0.4, -0.2) is 24.5 Å². The van der Waals surface area contributed by atoms with E-state index in [1.54, 1.807) is 0 Å². The second-order valence-corrected chi connectivity index (χ2v) is 5.00. The van der Waals surface area contributed by atoms with Gasteiger partial charge in [-0.25, -0.2) is 0 Å². The third kappa shape index (κ3) is 3.11. The summed E-state index contributed by atoms with van der Waals surface area (Å²) in [5.41, 5.74) is 6.92. The summed E-state index contributed by atoms with van der Waals surface area (Å²) in [6.07, 6.45) is 0. The van der Waals surface area contributed by atoms with Gasteiger partial charge in [-0.2, -0.15) is 0 Å². The van der Waals surface area contributed by atoms with Gasteiger partial charge >= 0.3 is 0 Å². The third-order valence-electron chi connectivity index (χ3n) is 2.86. The van der Waals surface area contributed by atoms with Crippen molar-refractivity contribution in [2.75, 3.05) is 13.6 Å². The Morgan fingerprint density at radius 1 is 1.25 bits per heavy atom. The van der Waals surface area contributed by atoms with Gasteiger partial charge in [0.2, 0.25) is 0 Å². The zero-order valence-electron chi connectivity index (χ0n) is 9.87. The lowest BCUT2D eigenvalue weighted by molar-refractivity contribution is 0.201. The molecular formula is C12H18Cl2N2. The number of benzene rings is 1. The number of hydrogen-bond donors (Lipinski definition) is 1. The van der Waals surface area contributed by atoms with Crippen LogP contribution in [0.25, 0.3) is 0 Å². The van der Waals surface area contributed by atoms with Crippen LogP contribution in [-0.2, 0) is 0 Å². The van der Waals surface area contributed by atoms with E-state index in [1.165, 1.54) is 0 Å². The molecule has 90 valence electrons. The minimum Gasteiger partial charge on any atom is -0.329 e. The molecule has 1 aromatic carbocycles. The van der Waals surface area contributed by atoms with E-state index in [9.17, 15) is 0 Å². The molecule has 0 saturated heterocycles. The quantitative estimate of drug-likeness (QED) is 0.900. The first-order valence-electron chi connectivity index (χ1n) is 5.34. The van der Waals surface area contributed by atoms with Crippen LogP contribution < -0.4 is 5.73 Å². The highest BCUT2D eigenvalue weighted by atomic mass is 35.5. The maximum Gasteiger partial charge on any atom is 0.0595 e. The van der Waals surface area contributed by atoms with Crippen molar-refractivity contribution in [3.63, 3.8) is 0 Å². The fraction of sp³-hybridized carbons (Fsp3) is 0.500. The van der Waals surface area contributed by atoms with Gasteiger partial charge in [0.25, 0.3) is 0 Å². The average molecular weight is 261 g/mol. The van der Waals surface area contributed by atoms with Gasteiger partial charge in [0.15, 0.2) is 0 Å². The maximum absolute atomic E-state index is 6.01. The minimum absolute atomic E-state index is 0.176. The van der Waals surface area contributed by atoms with E-state index in [1.807, 2.05) is 18.2 Å². The molecule has 0 aliphatic rings. The molecule has 0 aromatic heterocycles. The van der Waals surface area contributed by atoms with E-state index in [0.717, 1.165) is 5.56 Å². The van der Waals surface area contributed by atoms with Crippen LogP contribution in [0.3, 0.4) is 0 Å². The molecule has 0 amide bonds. The molecular weight excluding hydrogens is 243 g/mol. The second-order valence-electron chi connectivity index (χ2n) is 4.18. The van der Waals surface area contributed by atoms with Crippen molar-refractivity contribution < 1.29 is 0 Å². The molecule has 0 heterocycles. The molecule has 16 heavy (non-hydrogen) atoms. The molecule has 4 heteroatoms. The smallest absolute Gasteiger partial charge is 0.0595 e. The highest BCUT2D eigenvalue weighted by Crippen LogP contribution is 2.28. The molecule has 2 N–H and O–H groups in total. The first-order valence-corrected chi connectivity index (χ1v) is 6.10. The summed E-state index contributed by atoms with van der Waals surface area (Å²) in [7, 11) is 2.06. The van der Waals surface area contributed by atoms with Crippen LogP contribution in [0.15, 0.2) is 18.2 Å². The fourth-order valence-electron chi connectivity index (χ4n) is 1.62. The zero-order chi connectivity index (χ0) is 12.3. The van der Waals surface area contributed by atoms with E-state index < -0.39 is 0 Å². The molecule has 0 aliphatic heterocycles. The number of nitrogens with zero attached hydrogens (tertiary/aromatic N) is 1. The Morgan fingerprint density at radius 2 is 1.88 bits per heavy atom. The van der Waals surface area contributed by atoms with E-state index in [4.69, 9.17) is 28.9 Å². The van der Waals surface area contributed by atoms with Crippen molar-refractivity contribution in [3.05, 3.63) is 33.8 Å². The van der Waals surface area contributed by atoms with Crippen LogP contribution in [0.5, 0.6) is 0 Å². The monoisotopic (exact) mass is 260 g/mol. The lowest BCUT2D eigenvalue weighted by Gasteiger charge is -2.30. The van der Waals surface area contributed by atoms with Gasteiger partial charge in [-0.1, -0.05) is 29.3 Å². The number of likely N-dealkylation sites (N-methyl/N-ethyl adjacent to an activating group) is 1. The van der Waals surface area contributed by atoms with Crippen LogP contribution in [0.1, 0.15) is 25.5 Å². The average Bonchev–Trinajstić information content (AvgIpc) is 2.24. The SMILES string of the molecule is CC(C)N(C)C(CN)c1ccc(Cl)c(Cl)c1. The normalized spacial score (nSPS) is 13.5. The van der Waals surface area contributed by atoms with Crippen molar-refractivity contribution in [2.45, 2.75) is 25.9 Å². The summed E-state index contributed by atoms with van der Waals surface area (Å²) in [5.74, 6) is 0. The first-order chi connectivity index (χ1) is 7.47. The Labute approximate surface area is 107 Å². The van der Waals surface area contributed by atoms with Crippen molar-refractivity contribution in [1.29, 1.82) is 0 Å². The molecule has 0 saturated carbocycles. The molecule has 1 aromatic rings. The van der Waals surface area contributed by atoms with Crippen molar-refractivity contribution in [2.24, 2.45) is 5.73 Å². The topological polar surface area (TPSA) is 29.3 Å². The number of hydrogen-bond acceptors (Lipinski definition) is 2. The predicted octanol–water partition coefficient (Wildman–Crippen LogP) is 3.33. The van der Waals surface area contributed by atoms with Crippen LogP contribution >= 0.6 is 23.2 Å². The Morgan fingerprint density at radius 3 is 2.31 bits per heavy atom. The number of rotatable bonds is 4. The number of halogens is 2. The van der Waals surface area contributed by atoms with Gasteiger partial charge in [-0.3, -0.25) is 4.90 Å². The molecule has 0 spiro atoms. The van der Waals surface area contributed by atoms with Crippen LogP contribution in [0.4, 0.5) is 0 Å². The zero-order valence-corrected chi connectivity index (χ0v) is 11.4. The molecule has 1 rings (SSSR count). The molecule has 0 fully saturated rings. The summed E-state index contributed by atoms with van der Waals surface area (Å²) in [4.78, 5) is 2.22. The molecule has 0 bridgehead atoms. The summed E-state index contributed by atoms with van der Waals surface area (Å²) in [6, 6.07) is 6.29. The number of nitrogens with two attached hydrogens (primary N) is 1. The van der Waals surface area contributed by atoms with Gasteiger partial charge in [0.05, 0.1) is 10.0 Å². The van der Waals surface area contributed by atoms with Gasteiger partial charge in [0.1, 0.15) is 0 Å². The lowest BCUT2D eigenvalue weighted by Crippen LogP contribution is -2.35. The van der Waals surface area contributed by atoms with Gasteiger partial charge in [-0.15, -0.1) is 0 Å². The third-order valence-corrected chi connectivity index (χ3v) is 3.60. The van der Waals surface area contributed by atoms with Crippen molar-refractivity contribution in [1.82, 2.24) is 4.90 Å². The molecule has 0 radical (unpaired) electrons. The highest BCUT2D eigenvalue weighted by Gasteiger charge is 2.18. The Hall–Kier alpha value is -0.280. The van der Waals surface area contributed by atoms with Crippen LogP contribution in [0, 0.1) is 0 Å². The summed E-state index contributed by atoms with van der Waals surface area (Å²) < 4.78 is 0. The van der Waals surface area contributed by atoms with E-state index >= 15 is 0 Å². The van der Waals surface area contributed by atoms with Gasteiger partial charge in [-0.05, 0) is 38.6 Å². The Kier molecular flexibility index (Phi) is 5.06. The predicted molar refractivity (Wildman–Crippen MR) is 71.2 cm³/mol. The van der Waals surface area contributed by atoms with Gasteiger partial charge in [0, 0.05) is 18.6 Å². The summed E-state index contributed by atoms with van der Waals surface area (Å²) in [5, 5.41) is 1.16. The maximum atomic E-state index is 6.01. The van der Waals surface area contributed by atoms with Crippen molar-refractivity contribution in [3.8, 4) is 0 Å². The second kappa shape index (κ2) is 5.87. The van der Waals surface area contributed by atoms with Gasteiger partial charge < -0.3 is 5.73 Å². The molecule has 1 atom stereocenters.